The van der Waals surface area contributed by atoms with Gasteiger partial charge in [0.05, 0.1) is 0 Å². The molecule has 0 bridgehead atoms. The highest BCUT2D eigenvalue weighted by molar-refractivity contribution is 7.80. The van der Waals surface area contributed by atoms with Crippen LogP contribution in [0.3, 0.4) is 0 Å². The predicted octanol–water partition coefficient (Wildman–Crippen LogP) is 2.63. The fourth-order valence-electron chi connectivity index (χ4n) is 0.375. The number of hydrogen-bond acceptors (Lipinski definition) is 1. The molecule has 8 heavy (non-hydrogen) atoms. The zero-order valence-corrected chi connectivity index (χ0v) is 6.64. The highest BCUT2D eigenvalue weighted by Gasteiger charge is 2.13. The summed E-state index contributed by atoms with van der Waals surface area (Å²) in [7, 11) is 0. The molecule has 0 N–H and O–H groups in total. The van der Waals surface area contributed by atoms with E-state index >= 15 is 0 Å². The van der Waals surface area contributed by atoms with E-state index in [9.17, 15) is 0 Å². The lowest BCUT2D eigenvalue weighted by molar-refractivity contribution is 0.593. The van der Waals surface area contributed by atoms with Crippen LogP contribution in [0.5, 0.6) is 0 Å². The number of rotatable bonds is 1. The monoisotopic (exact) mass is 129 g/mol. The third-order valence-electron chi connectivity index (χ3n) is 1.06. The van der Waals surface area contributed by atoms with E-state index in [0.717, 1.165) is 11.3 Å². The van der Waals surface area contributed by atoms with Gasteiger partial charge in [-0.15, -0.1) is 0 Å². The molecule has 0 aliphatic heterocycles. The Hall–Kier alpha value is 0.0900. The molecule has 0 heterocycles. The van der Waals surface area contributed by atoms with E-state index in [-0.39, 0.29) is 5.41 Å². The van der Waals surface area contributed by atoms with Gasteiger partial charge in [-0.25, -0.2) is 0 Å². The standard InChI is InChI=1S/C7H13S/c1-5-6(8)7(2,3)4/h1,5H2,2-4H3. The van der Waals surface area contributed by atoms with Gasteiger partial charge in [-0.05, 0) is 23.6 Å². The minimum absolute atomic E-state index is 0.178. The third-order valence-corrected chi connectivity index (χ3v) is 1.88. The van der Waals surface area contributed by atoms with Crippen LogP contribution in [-0.4, -0.2) is 4.86 Å². The maximum atomic E-state index is 5.03. The van der Waals surface area contributed by atoms with Gasteiger partial charge in [0.1, 0.15) is 0 Å². The van der Waals surface area contributed by atoms with Gasteiger partial charge < -0.3 is 0 Å². The zero-order valence-electron chi connectivity index (χ0n) is 5.82. The van der Waals surface area contributed by atoms with Crippen LogP contribution < -0.4 is 0 Å². The summed E-state index contributed by atoms with van der Waals surface area (Å²) in [5, 5.41) is 0. The summed E-state index contributed by atoms with van der Waals surface area (Å²) in [5.74, 6) is 0. The lowest BCUT2D eigenvalue weighted by atomic mass is 9.91. The van der Waals surface area contributed by atoms with E-state index in [1.54, 1.807) is 0 Å². The van der Waals surface area contributed by atoms with Gasteiger partial charge in [-0.2, -0.15) is 0 Å². The topological polar surface area (TPSA) is 0 Å². The molecule has 47 valence electrons. The predicted molar refractivity (Wildman–Crippen MR) is 42.0 cm³/mol. The van der Waals surface area contributed by atoms with E-state index in [4.69, 9.17) is 12.2 Å². The van der Waals surface area contributed by atoms with Crippen LogP contribution in [0.1, 0.15) is 27.2 Å². The van der Waals surface area contributed by atoms with Gasteiger partial charge in [-0.1, -0.05) is 33.0 Å². The molecule has 0 saturated heterocycles. The molecule has 0 saturated carbocycles. The molecule has 0 spiro atoms. The van der Waals surface area contributed by atoms with Crippen molar-refractivity contribution in [1.82, 2.24) is 0 Å². The van der Waals surface area contributed by atoms with E-state index < -0.39 is 0 Å². The Kier molecular flexibility index (Phi) is 2.61. The first-order valence-electron chi connectivity index (χ1n) is 2.81. The third kappa shape index (κ3) is 2.41. The normalized spacial score (nSPS) is 11.5. The van der Waals surface area contributed by atoms with E-state index in [0.29, 0.717) is 0 Å². The summed E-state index contributed by atoms with van der Waals surface area (Å²) >= 11 is 5.03. The Balaban J connectivity index is 3.82. The molecule has 1 heteroatoms. The molecule has 0 atom stereocenters. The van der Waals surface area contributed by atoms with Crippen LogP contribution in [-0.2, 0) is 0 Å². The van der Waals surface area contributed by atoms with Crippen molar-refractivity contribution in [2.45, 2.75) is 27.2 Å². The smallest absolute Gasteiger partial charge is 0.00180 e. The molecule has 0 fully saturated rings. The van der Waals surface area contributed by atoms with Crippen molar-refractivity contribution in [1.29, 1.82) is 0 Å². The first kappa shape index (κ1) is 8.09. The number of hydrogen-bond donors (Lipinski definition) is 0. The molecule has 0 unspecified atom stereocenters. The zero-order chi connectivity index (χ0) is 6.78. The van der Waals surface area contributed by atoms with Crippen molar-refractivity contribution in [2.24, 2.45) is 5.41 Å². The molecular formula is C7H13S. The molecule has 0 amide bonds. The van der Waals surface area contributed by atoms with Crippen LogP contribution in [0.25, 0.3) is 0 Å². The maximum Gasteiger partial charge on any atom is -0.00180 e. The van der Waals surface area contributed by atoms with Crippen LogP contribution in [0.2, 0.25) is 0 Å². The second-order valence-corrected chi connectivity index (χ2v) is 3.42. The molecule has 0 rings (SSSR count). The average Bonchev–Trinajstić information content (AvgIpc) is 1.62. The van der Waals surface area contributed by atoms with Gasteiger partial charge >= 0.3 is 0 Å². The maximum absolute atomic E-state index is 5.03. The summed E-state index contributed by atoms with van der Waals surface area (Å²) < 4.78 is 0. The molecule has 0 nitrogen and oxygen atoms in total. The van der Waals surface area contributed by atoms with Crippen molar-refractivity contribution in [2.75, 3.05) is 0 Å². The van der Waals surface area contributed by atoms with E-state index in [1.165, 1.54) is 0 Å². The second kappa shape index (κ2) is 2.58. The average molecular weight is 129 g/mol. The Morgan fingerprint density at radius 3 is 1.88 bits per heavy atom. The molecule has 1 radical (unpaired) electrons. The first-order valence-corrected chi connectivity index (χ1v) is 3.22. The molecule has 0 aliphatic rings. The van der Waals surface area contributed by atoms with Crippen molar-refractivity contribution in [3.63, 3.8) is 0 Å². The SMILES string of the molecule is [CH2]CC(=S)C(C)(C)C. The second-order valence-electron chi connectivity index (χ2n) is 2.92. The van der Waals surface area contributed by atoms with Crippen LogP contribution >= 0.6 is 12.2 Å². The molecule has 0 aromatic heterocycles. The van der Waals surface area contributed by atoms with Gasteiger partial charge in [0.25, 0.3) is 0 Å². The van der Waals surface area contributed by atoms with Crippen molar-refractivity contribution in [3.8, 4) is 0 Å². The number of thiocarbonyl (C=S) groups is 1. The molecular weight excluding hydrogens is 116 g/mol. The minimum Gasteiger partial charge on any atom is -0.0891 e. The first-order chi connectivity index (χ1) is 3.48. The van der Waals surface area contributed by atoms with Crippen molar-refractivity contribution in [3.05, 3.63) is 6.92 Å². The lowest BCUT2D eigenvalue weighted by Gasteiger charge is -2.17. The Morgan fingerprint density at radius 2 is 1.88 bits per heavy atom. The summed E-state index contributed by atoms with van der Waals surface area (Å²) in [5.41, 5.74) is 0.178. The van der Waals surface area contributed by atoms with Crippen molar-refractivity contribution >= 4 is 17.1 Å². The van der Waals surface area contributed by atoms with E-state index in [1.807, 2.05) is 0 Å². The minimum atomic E-state index is 0.178. The Labute approximate surface area is 57.3 Å². The van der Waals surface area contributed by atoms with Gasteiger partial charge in [0, 0.05) is 0 Å². The van der Waals surface area contributed by atoms with Gasteiger partial charge in [-0.3, -0.25) is 0 Å². The van der Waals surface area contributed by atoms with Crippen LogP contribution in [0.4, 0.5) is 0 Å². The molecule has 0 aromatic carbocycles. The van der Waals surface area contributed by atoms with Crippen molar-refractivity contribution < 1.29 is 0 Å². The van der Waals surface area contributed by atoms with Gasteiger partial charge in [0.15, 0.2) is 0 Å². The highest BCUT2D eigenvalue weighted by atomic mass is 32.1. The van der Waals surface area contributed by atoms with Gasteiger partial charge in [0.2, 0.25) is 0 Å². The summed E-state index contributed by atoms with van der Waals surface area (Å²) in [6.07, 6.45) is 0.777. The Morgan fingerprint density at radius 1 is 1.50 bits per heavy atom. The fraction of sp³-hybridized carbons (Fsp3) is 0.714. The van der Waals surface area contributed by atoms with E-state index in [2.05, 4.69) is 27.7 Å². The highest BCUT2D eigenvalue weighted by Crippen LogP contribution is 2.17. The fourth-order valence-corrected chi connectivity index (χ4v) is 0.375. The Bertz CT molecular complexity index is 87.1. The largest absolute Gasteiger partial charge is 0.0891 e. The quantitative estimate of drug-likeness (QED) is 0.490. The lowest BCUT2D eigenvalue weighted by Crippen LogP contribution is -2.16. The molecule has 0 aromatic rings. The van der Waals surface area contributed by atoms with Crippen LogP contribution in [0.15, 0.2) is 0 Å². The molecule has 0 aliphatic carbocycles. The van der Waals surface area contributed by atoms with Crippen LogP contribution in [0, 0.1) is 12.3 Å². The summed E-state index contributed by atoms with van der Waals surface area (Å²) in [6.45, 7) is 10.0. The summed E-state index contributed by atoms with van der Waals surface area (Å²) in [6, 6.07) is 0. The summed E-state index contributed by atoms with van der Waals surface area (Å²) in [4.78, 5) is 1.05.